The Morgan fingerprint density at radius 1 is 1.12 bits per heavy atom. The van der Waals surface area contributed by atoms with E-state index in [1.165, 1.54) is 47.8 Å². The molecule has 0 spiro atoms. The van der Waals surface area contributed by atoms with E-state index in [0.29, 0.717) is 16.2 Å². The highest BCUT2D eigenvalue weighted by Crippen LogP contribution is 2.41. The lowest BCUT2D eigenvalue weighted by atomic mass is 9.95. The molecule has 2 heterocycles. The summed E-state index contributed by atoms with van der Waals surface area (Å²) >= 11 is 13.3. The standard InChI is InChI=1S/C22H16Cl2F4N4OS/c1-11-19(21(33)31(2)34-14-6-4-13(25)5-7-14)20(12-3-8-15(23)16(24)9-12)32-18(29-11)10-17(30-32)22(26,27)28/h3-10,20,29H,1-2H3. The smallest absolute Gasteiger partial charge is 0.344 e. The van der Waals surface area contributed by atoms with Crippen molar-refractivity contribution in [1.29, 1.82) is 0 Å². The Morgan fingerprint density at radius 2 is 1.79 bits per heavy atom. The minimum absolute atomic E-state index is 0.0753. The van der Waals surface area contributed by atoms with Gasteiger partial charge in [0.15, 0.2) is 5.69 Å². The summed E-state index contributed by atoms with van der Waals surface area (Å²) in [5.41, 5.74) is -0.152. The number of alkyl halides is 3. The van der Waals surface area contributed by atoms with E-state index < -0.39 is 29.6 Å². The van der Waals surface area contributed by atoms with Gasteiger partial charge in [0.25, 0.3) is 5.91 Å². The summed E-state index contributed by atoms with van der Waals surface area (Å²) in [6, 6.07) is 10.0. The Kier molecular flexibility index (Phi) is 6.58. The molecule has 1 aliphatic rings. The number of fused-ring (bicyclic) bond motifs is 1. The van der Waals surface area contributed by atoms with Crippen LogP contribution in [0.5, 0.6) is 0 Å². The molecule has 1 atom stereocenters. The highest BCUT2D eigenvalue weighted by Gasteiger charge is 2.40. The Bertz CT molecular complexity index is 1290. The predicted octanol–water partition coefficient (Wildman–Crippen LogP) is 6.80. The van der Waals surface area contributed by atoms with Gasteiger partial charge in [0.05, 0.1) is 15.6 Å². The number of aromatic nitrogens is 2. The van der Waals surface area contributed by atoms with Gasteiger partial charge in [-0.15, -0.1) is 0 Å². The van der Waals surface area contributed by atoms with Crippen LogP contribution in [-0.4, -0.2) is 27.0 Å². The zero-order valence-corrected chi connectivity index (χ0v) is 20.0. The lowest BCUT2D eigenvalue weighted by Gasteiger charge is -2.31. The van der Waals surface area contributed by atoms with Crippen molar-refractivity contribution in [3.05, 3.63) is 86.9 Å². The minimum atomic E-state index is -4.68. The molecule has 1 amide bonds. The van der Waals surface area contributed by atoms with E-state index in [2.05, 4.69) is 10.4 Å². The molecule has 1 aromatic heterocycles. The summed E-state index contributed by atoms with van der Waals surface area (Å²) < 4.78 is 55.9. The summed E-state index contributed by atoms with van der Waals surface area (Å²) in [4.78, 5) is 14.1. The number of nitrogens with one attached hydrogen (secondary N) is 1. The third kappa shape index (κ3) is 4.75. The number of anilines is 1. The fourth-order valence-electron chi connectivity index (χ4n) is 3.54. The number of carbonyl (C=O) groups excluding carboxylic acids is 1. The maximum atomic E-state index is 13.5. The molecule has 1 aliphatic heterocycles. The van der Waals surface area contributed by atoms with Crippen LogP contribution < -0.4 is 5.32 Å². The van der Waals surface area contributed by atoms with Gasteiger partial charge < -0.3 is 5.32 Å². The van der Waals surface area contributed by atoms with Crippen LogP contribution >= 0.6 is 35.1 Å². The van der Waals surface area contributed by atoms with Gasteiger partial charge in [-0.2, -0.15) is 18.3 Å². The van der Waals surface area contributed by atoms with Crippen molar-refractivity contribution >= 4 is 46.9 Å². The van der Waals surface area contributed by atoms with Crippen LogP contribution in [0.4, 0.5) is 23.4 Å². The molecule has 178 valence electrons. The molecule has 34 heavy (non-hydrogen) atoms. The fraction of sp³-hybridized carbons (Fsp3) is 0.182. The van der Waals surface area contributed by atoms with Gasteiger partial charge in [-0.05, 0) is 60.8 Å². The number of carbonyl (C=O) groups is 1. The molecule has 1 unspecified atom stereocenters. The van der Waals surface area contributed by atoms with Crippen LogP contribution in [-0.2, 0) is 11.0 Å². The average molecular weight is 531 g/mol. The van der Waals surface area contributed by atoms with Crippen molar-refractivity contribution < 1.29 is 22.4 Å². The van der Waals surface area contributed by atoms with Crippen molar-refractivity contribution in [2.75, 3.05) is 12.4 Å². The lowest BCUT2D eigenvalue weighted by Crippen LogP contribution is -2.33. The van der Waals surface area contributed by atoms with Crippen LogP contribution in [0, 0.1) is 5.82 Å². The summed E-state index contributed by atoms with van der Waals surface area (Å²) in [5.74, 6) is -0.823. The van der Waals surface area contributed by atoms with E-state index in [0.717, 1.165) is 22.7 Å². The van der Waals surface area contributed by atoms with Crippen molar-refractivity contribution in [2.45, 2.75) is 24.0 Å². The molecule has 12 heteroatoms. The summed E-state index contributed by atoms with van der Waals surface area (Å²) in [6.07, 6.45) is -4.68. The van der Waals surface area contributed by atoms with Gasteiger partial charge in [-0.1, -0.05) is 29.3 Å². The van der Waals surface area contributed by atoms with Crippen molar-refractivity contribution in [2.24, 2.45) is 0 Å². The average Bonchev–Trinajstić information content (AvgIpc) is 3.20. The van der Waals surface area contributed by atoms with Crippen LogP contribution in [0.1, 0.15) is 24.2 Å². The van der Waals surface area contributed by atoms with E-state index in [4.69, 9.17) is 23.2 Å². The number of halogens is 6. The second kappa shape index (κ2) is 9.16. The molecule has 2 aromatic carbocycles. The first kappa shape index (κ1) is 24.4. The van der Waals surface area contributed by atoms with Crippen molar-refractivity contribution in [1.82, 2.24) is 14.1 Å². The molecular weight excluding hydrogens is 515 g/mol. The van der Waals surface area contributed by atoms with Gasteiger partial charge in [0.1, 0.15) is 17.7 Å². The number of hydrogen-bond acceptors (Lipinski definition) is 4. The van der Waals surface area contributed by atoms with E-state index >= 15 is 0 Å². The maximum absolute atomic E-state index is 13.5. The highest BCUT2D eigenvalue weighted by molar-refractivity contribution is 7.97. The van der Waals surface area contributed by atoms with Crippen LogP contribution in [0.15, 0.2) is 64.7 Å². The Balaban J connectivity index is 1.78. The van der Waals surface area contributed by atoms with E-state index in [1.54, 1.807) is 13.0 Å². The van der Waals surface area contributed by atoms with E-state index in [-0.39, 0.29) is 21.4 Å². The van der Waals surface area contributed by atoms with Gasteiger partial charge in [0, 0.05) is 23.7 Å². The first-order chi connectivity index (χ1) is 16.0. The normalized spacial score (nSPS) is 15.7. The number of likely N-dealkylation sites (N-methyl/N-ethyl adjacent to an activating group) is 1. The third-order valence-electron chi connectivity index (χ3n) is 5.10. The molecule has 0 radical (unpaired) electrons. The van der Waals surface area contributed by atoms with Crippen molar-refractivity contribution in [3.8, 4) is 0 Å². The van der Waals surface area contributed by atoms with Crippen LogP contribution in [0.25, 0.3) is 0 Å². The molecule has 0 fully saturated rings. The zero-order valence-electron chi connectivity index (χ0n) is 17.6. The number of hydrogen-bond donors (Lipinski definition) is 1. The molecule has 5 nitrogen and oxygen atoms in total. The Hall–Kier alpha value is -2.69. The summed E-state index contributed by atoms with van der Waals surface area (Å²) in [6.45, 7) is 1.60. The van der Waals surface area contributed by atoms with Gasteiger partial charge in [-0.3, -0.25) is 9.10 Å². The predicted molar refractivity (Wildman–Crippen MR) is 123 cm³/mol. The molecule has 0 aliphatic carbocycles. The molecule has 0 saturated heterocycles. The molecule has 0 saturated carbocycles. The molecule has 3 aromatic rings. The lowest BCUT2D eigenvalue weighted by molar-refractivity contribution is -0.141. The van der Waals surface area contributed by atoms with Gasteiger partial charge in [-0.25, -0.2) is 9.07 Å². The third-order valence-corrected chi connectivity index (χ3v) is 6.76. The first-order valence-corrected chi connectivity index (χ1v) is 11.3. The first-order valence-electron chi connectivity index (χ1n) is 9.77. The topological polar surface area (TPSA) is 50.2 Å². The number of rotatable bonds is 4. The maximum Gasteiger partial charge on any atom is 0.435 e. The number of amides is 1. The van der Waals surface area contributed by atoms with Gasteiger partial charge in [0.2, 0.25) is 0 Å². The monoisotopic (exact) mass is 530 g/mol. The fourth-order valence-corrected chi connectivity index (χ4v) is 4.60. The summed E-state index contributed by atoms with van der Waals surface area (Å²) in [5, 5.41) is 7.04. The van der Waals surface area contributed by atoms with E-state index in [9.17, 15) is 22.4 Å². The van der Waals surface area contributed by atoms with Crippen LogP contribution in [0.2, 0.25) is 10.0 Å². The number of allylic oxidation sites excluding steroid dienone is 1. The summed E-state index contributed by atoms with van der Waals surface area (Å²) in [7, 11) is 1.52. The largest absolute Gasteiger partial charge is 0.435 e. The molecule has 4 rings (SSSR count). The number of benzene rings is 2. The van der Waals surface area contributed by atoms with E-state index in [1.807, 2.05) is 0 Å². The molecule has 0 bridgehead atoms. The quantitative estimate of drug-likeness (QED) is 0.297. The SMILES string of the molecule is CC1=C(C(=O)N(C)Sc2ccc(F)cc2)C(c2ccc(Cl)c(Cl)c2)n2nc(C(F)(F)F)cc2N1. The minimum Gasteiger partial charge on any atom is -0.344 e. The van der Waals surface area contributed by atoms with Crippen LogP contribution in [0.3, 0.4) is 0 Å². The second-order valence-corrected chi connectivity index (χ2v) is 9.46. The molecular formula is C22H16Cl2F4N4OS. The Labute approximate surface area is 206 Å². The molecule has 1 N–H and O–H groups in total. The zero-order chi connectivity index (χ0) is 24.8. The van der Waals surface area contributed by atoms with Gasteiger partial charge >= 0.3 is 6.18 Å². The highest BCUT2D eigenvalue weighted by atomic mass is 35.5. The second-order valence-electron chi connectivity index (χ2n) is 7.44. The number of nitrogens with zero attached hydrogens (tertiary/aromatic N) is 3. The van der Waals surface area contributed by atoms with Crippen molar-refractivity contribution in [3.63, 3.8) is 0 Å². The Morgan fingerprint density at radius 3 is 2.41 bits per heavy atom.